The maximum atomic E-state index is 12.3. The number of cyclic esters (lactones) is 1. The van der Waals surface area contributed by atoms with Crippen LogP contribution in [0.4, 0.5) is 4.79 Å². The summed E-state index contributed by atoms with van der Waals surface area (Å²) in [5.41, 5.74) is 0. The standard InChI is InChI=1S/C17H20N2O6S/c20-15(8-11-26(23,24)14-4-2-1-3-5-14)18-9-6-13(7-10-18)19-16(21)12-25-17(19)22/h1-5,13H,6-12H2. The predicted octanol–water partition coefficient (Wildman–Crippen LogP) is 0.820. The Morgan fingerprint density at radius 1 is 1.12 bits per heavy atom. The van der Waals surface area contributed by atoms with E-state index >= 15 is 0 Å². The average Bonchev–Trinajstić information content (AvgIpc) is 2.99. The van der Waals surface area contributed by atoms with E-state index in [0.717, 1.165) is 4.90 Å². The monoisotopic (exact) mass is 380 g/mol. The molecule has 2 aliphatic rings. The first-order chi connectivity index (χ1) is 12.4. The van der Waals surface area contributed by atoms with E-state index in [1.807, 2.05) is 0 Å². The molecule has 8 nitrogen and oxygen atoms in total. The fourth-order valence-corrected chi connectivity index (χ4v) is 4.47. The van der Waals surface area contributed by atoms with Crippen molar-refractivity contribution in [3.05, 3.63) is 30.3 Å². The molecule has 0 unspecified atom stereocenters. The molecule has 140 valence electrons. The number of amides is 3. The van der Waals surface area contributed by atoms with Gasteiger partial charge in [-0.05, 0) is 25.0 Å². The van der Waals surface area contributed by atoms with Crippen LogP contribution >= 0.6 is 0 Å². The summed E-state index contributed by atoms with van der Waals surface area (Å²) in [5.74, 6) is -0.834. The van der Waals surface area contributed by atoms with Gasteiger partial charge in [0.1, 0.15) is 0 Å². The number of benzene rings is 1. The number of nitrogens with zero attached hydrogens (tertiary/aromatic N) is 2. The molecule has 2 aliphatic heterocycles. The van der Waals surface area contributed by atoms with E-state index in [1.165, 1.54) is 12.1 Å². The van der Waals surface area contributed by atoms with Gasteiger partial charge in [0, 0.05) is 25.6 Å². The van der Waals surface area contributed by atoms with Gasteiger partial charge in [0.15, 0.2) is 16.4 Å². The normalized spacial score (nSPS) is 18.9. The highest BCUT2D eigenvalue weighted by atomic mass is 32.2. The van der Waals surface area contributed by atoms with E-state index in [9.17, 15) is 22.8 Å². The van der Waals surface area contributed by atoms with Gasteiger partial charge in [0.25, 0.3) is 5.91 Å². The molecule has 1 aromatic rings. The number of piperidine rings is 1. The van der Waals surface area contributed by atoms with E-state index < -0.39 is 15.9 Å². The van der Waals surface area contributed by atoms with Crippen molar-refractivity contribution < 1.29 is 27.5 Å². The molecule has 2 fully saturated rings. The lowest BCUT2D eigenvalue weighted by Crippen LogP contribution is -2.48. The van der Waals surface area contributed by atoms with Gasteiger partial charge in [0.2, 0.25) is 5.91 Å². The van der Waals surface area contributed by atoms with Crippen LogP contribution in [0.25, 0.3) is 0 Å². The summed E-state index contributed by atoms with van der Waals surface area (Å²) in [6, 6.07) is 7.77. The average molecular weight is 380 g/mol. The second kappa shape index (κ2) is 7.45. The minimum atomic E-state index is -3.49. The van der Waals surface area contributed by atoms with Gasteiger partial charge >= 0.3 is 6.09 Å². The van der Waals surface area contributed by atoms with Gasteiger partial charge < -0.3 is 9.64 Å². The summed E-state index contributed by atoms with van der Waals surface area (Å²) in [7, 11) is -3.49. The van der Waals surface area contributed by atoms with Gasteiger partial charge in [-0.2, -0.15) is 0 Å². The molecule has 0 spiro atoms. The molecule has 2 saturated heterocycles. The second-order valence-corrected chi connectivity index (χ2v) is 8.42. The van der Waals surface area contributed by atoms with Crippen LogP contribution in [0.5, 0.6) is 0 Å². The Morgan fingerprint density at radius 2 is 1.77 bits per heavy atom. The molecule has 0 saturated carbocycles. The van der Waals surface area contributed by atoms with Crippen molar-refractivity contribution in [1.82, 2.24) is 9.80 Å². The third-order valence-electron chi connectivity index (χ3n) is 4.65. The zero-order valence-corrected chi connectivity index (χ0v) is 15.0. The van der Waals surface area contributed by atoms with E-state index in [0.29, 0.717) is 25.9 Å². The highest BCUT2D eigenvalue weighted by molar-refractivity contribution is 7.91. The Kier molecular flexibility index (Phi) is 5.26. The Hall–Kier alpha value is -2.42. The van der Waals surface area contributed by atoms with Crippen LogP contribution < -0.4 is 0 Å². The van der Waals surface area contributed by atoms with Crippen molar-refractivity contribution in [1.29, 1.82) is 0 Å². The number of hydrogen-bond acceptors (Lipinski definition) is 6. The van der Waals surface area contributed by atoms with E-state index in [2.05, 4.69) is 0 Å². The second-order valence-electron chi connectivity index (χ2n) is 6.31. The fraction of sp³-hybridized carbons (Fsp3) is 0.471. The number of carbonyl (C=O) groups is 3. The number of rotatable bonds is 5. The summed E-state index contributed by atoms with van der Waals surface area (Å²) >= 11 is 0. The molecule has 2 heterocycles. The van der Waals surface area contributed by atoms with Gasteiger partial charge in [-0.25, -0.2) is 18.1 Å². The largest absolute Gasteiger partial charge is 0.439 e. The van der Waals surface area contributed by atoms with Crippen LogP contribution in [-0.4, -0.2) is 67.6 Å². The molecule has 9 heteroatoms. The molecule has 0 aromatic heterocycles. The topological polar surface area (TPSA) is 101 Å². The van der Waals surface area contributed by atoms with Gasteiger partial charge in [-0.15, -0.1) is 0 Å². The maximum Gasteiger partial charge on any atom is 0.417 e. The first kappa shape index (κ1) is 18.4. The summed E-state index contributed by atoms with van der Waals surface area (Å²) in [5, 5.41) is 0. The van der Waals surface area contributed by atoms with Gasteiger partial charge in [0.05, 0.1) is 10.6 Å². The minimum absolute atomic E-state index is 0.0907. The Bertz CT molecular complexity index is 784. The smallest absolute Gasteiger partial charge is 0.417 e. The lowest BCUT2D eigenvalue weighted by molar-refractivity contribution is -0.133. The van der Waals surface area contributed by atoms with Gasteiger partial charge in [-0.1, -0.05) is 18.2 Å². The molecule has 3 rings (SSSR count). The number of likely N-dealkylation sites (tertiary alicyclic amines) is 1. The Labute approximate surface area is 151 Å². The molecule has 0 radical (unpaired) electrons. The van der Waals surface area contributed by atoms with Crippen molar-refractivity contribution in [2.75, 3.05) is 25.4 Å². The van der Waals surface area contributed by atoms with Crippen molar-refractivity contribution in [3.63, 3.8) is 0 Å². The number of hydrogen-bond donors (Lipinski definition) is 0. The van der Waals surface area contributed by atoms with Crippen LogP contribution in [0.2, 0.25) is 0 Å². The molecular formula is C17H20N2O6S. The molecular weight excluding hydrogens is 360 g/mol. The quantitative estimate of drug-likeness (QED) is 0.750. The first-order valence-corrected chi connectivity index (χ1v) is 10.1. The van der Waals surface area contributed by atoms with Crippen molar-refractivity contribution >= 4 is 27.7 Å². The van der Waals surface area contributed by atoms with Crippen LogP contribution in [0.3, 0.4) is 0 Å². The van der Waals surface area contributed by atoms with Crippen LogP contribution in [0.15, 0.2) is 35.2 Å². The first-order valence-electron chi connectivity index (χ1n) is 8.43. The summed E-state index contributed by atoms with van der Waals surface area (Å²) in [6.45, 7) is 0.535. The molecule has 26 heavy (non-hydrogen) atoms. The van der Waals surface area contributed by atoms with E-state index in [-0.39, 0.29) is 41.5 Å². The summed E-state index contributed by atoms with van der Waals surface area (Å²) in [4.78, 5) is 38.5. The third-order valence-corrected chi connectivity index (χ3v) is 6.39. The van der Waals surface area contributed by atoms with Crippen LogP contribution in [-0.2, 0) is 24.2 Å². The molecule has 0 bridgehead atoms. The van der Waals surface area contributed by atoms with Crippen molar-refractivity contribution in [2.45, 2.75) is 30.2 Å². The molecule has 3 amide bonds. The van der Waals surface area contributed by atoms with Crippen molar-refractivity contribution in [2.24, 2.45) is 0 Å². The molecule has 1 aromatic carbocycles. The highest BCUT2D eigenvalue weighted by Crippen LogP contribution is 2.21. The van der Waals surface area contributed by atoms with Crippen LogP contribution in [0, 0.1) is 0 Å². The SMILES string of the molecule is O=C(CCS(=O)(=O)c1ccccc1)N1CCC(N2C(=O)COC2=O)CC1. The van der Waals surface area contributed by atoms with E-state index in [4.69, 9.17) is 4.74 Å². The number of ether oxygens (including phenoxy) is 1. The Morgan fingerprint density at radius 3 is 2.35 bits per heavy atom. The molecule has 0 atom stereocenters. The van der Waals surface area contributed by atoms with Crippen LogP contribution in [0.1, 0.15) is 19.3 Å². The van der Waals surface area contributed by atoms with E-state index in [1.54, 1.807) is 23.1 Å². The predicted molar refractivity (Wildman–Crippen MR) is 90.9 cm³/mol. The molecule has 0 N–H and O–H groups in total. The third kappa shape index (κ3) is 3.87. The highest BCUT2D eigenvalue weighted by Gasteiger charge is 2.39. The minimum Gasteiger partial charge on any atom is -0.439 e. The number of sulfone groups is 1. The number of imide groups is 1. The summed E-state index contributed by atoms with van der Waals surface area (Å²) < 4.78 is 29.2. The zero-order chi connectivity index (χ0) is 18.7. The maximum absolute atomic E-state index is 12.3. The fourth-order valence-electron chi connectivity index (χ4n) is 3.22. The Balaban J connectivity index is 1.51. The number of carbonyl (C=O) groups excluding carboxylic acids is 3. The van der Waals surface area contributed by atoms with Gasteiger partial charge in [-0.3, -0.25) is 9.59 Å². The van der Waals surface area contributed by atoms with Crippen molar-refractivity contribution in [3.8, 4) is 0 Å². The zero-order valence-electron chi connectivity index (χ0n) is 14.2. The molecule has 0 aliphatic carbocycles. The lowest BCUT2D eigenvalue weighted by atomic mass is 10.0. The lowest BCUT2D eigenvalue weighted by Gasteiger charge is -2.34. The summed E-state index contributed by atoms with van der Waals surface area (Å²) in [6.07, 6.45) is 0.219.